The van der Waals surface area contributed by atoms with Gasteiger partial charge in [-0.25, -0.2) is 4.98 Å². The first kappa shape index (κ1) is 13.3. The Labute approximate surface area is 119 Å². The third-order valence-corrected chi connectivity index (χ3v) is 3.87. The maximum atomic E-state index is 8.98. The summed E-state index contributed by atoms with van der Waals surface area (Å²) >= 11 is 0. The van der Waals surface area contributed by atoms with Gasteiger partial charge in [0.15, 0.2) is 0 Å². The van der Waals surface area contributed by atoms with Crippen molar-refractivity contribution in [2.75, 3.05) is 31.2 Å². The highest BCUT2D eigenvalue weighted by atomic mass is 16.6. The van der Waals surface area contributed by atoms with E-state index >= 15 is 0 Å². The summed E-state index contributed by atoms with van der Waals surface area (Å²) in [5.41, 5.74) is 0.232. The Morgan fingerprint density at radius 2 is 2.40 bits per heavy atom. The van der Waals surface area contributed by atoms with Gasteiger partial charge in [0.2, 0.25) is 0 Å². The maximum Gasteiger partial charge on any atom is 0.142 e. The molecule has 2 aliphatic heterocycles. The van der Waals surface area contributed by atoms with Gasteiger partial charge in [-0.2, -0.15) is 5.26 Å². The quantitative estimate of drug-likeness (QED) is 0.780. The van der Waals surface area contributed by atoms with Crippen molar-refractivity contribution >= 4 is 5.82 Å². The van der Waals surface area contributed by atoms with Gasteiger partial charge in [-0.05, 0) is 31.9 Å². The molecule has 0 bridgehead atoms. The van der Waals surface area contributed by atoms with E-state index in [9.17, 15) is 0 Å². The molecule has 3 rings (SSSR count). The molecule has 2 fully saturated rings. The van der Waals surface area contributed by atoms with E-state index in [0.29, 0.717) is 12.3 Å². The molecule has 2 aliphatic rings. The van der Waals surface area contributed by atoms with Crippen molar-refractivity contribution in [3.8, 4) is 6.07 Å². The molecule has 0 saturated carbocycles. The Bertz CT molecular complexity index is 520. The second-order valence-corrected chi connectivity index (χ2v) is 5.64. The number of anilines is 1. The van der Waals surface area contributed by atoms with Crippen LogP contribution in [0.25, 0.3) is 0 Å². The van der Waals surface area contributed by atoms with Gasteiger partial charge in [-0.1, -0.05) is 6.07 Å². The summed E-state index contributed by atoms with van der Waals surface area (Å²) in [6.07, 6.45) is 2.19. The average molecular weight is 273 g/mol. The van der Waals surface area contributed by atoms with Crippen LogP contribution >= 0.6 is 0 Å². The topological polar surface area (TPSA) is 58.4 Å². The van der Waals surface area contributed by atoms with Gasteiger partial charge >= 0.3 is 0 Å². The lowest BCUT2D eigenvalue weighted by Gasteiger charge is -2.47. The van der Waals surface area contributed by atoms with E-state index in [2.05, 4.69) is 22.9 Å². The van der Waals surface area contributed by atoms with Crippen LogP contribution < -0.4 is 4.90 Å². The number of nitriles is 1. The van der Waals surface area contributed by atoms with Gasteiger partial charge in [-0.3, -0.25) is 0 Å². The van der Waals surface area contributed by atoms with Crippen molar-refractivity contribution in [2.45, 2.75) is 31.5 Å². The molecule has 1 spiro atoms. The lowest BCUT2D eigenvalue weighted by molar-refractivity contribution is -0.160. The molecule has 2 saturated heterocycles. The molecule has 0 amide bonds. The first-order valence-electron chi connectivity index (χ1n) is 7.08. The largest absolute Gasteiger partial charge is 0.378 e. The smallest absolute Gasteiger partial charge is 0.142 e. The van der Waals surface area contributed by atoms with E-state index in [1.165, 1.54) is 0 Å². The molecular weight excluding hydrogens is 254 g/mol. The molecule has 0 radical (unpaired) electrons. The van der Waals surface area contributed by atoms with Crippen LogP contribution in [0.5, 0.6) is 0 Å². The summed E-state index contributed by atoms with van der Waals surface area (Å²) in [6, 6.07) is 7.66. The summed E-state index contributed by atoms with van der Waals surface area (Å²) < 4.78 is 11.8. The van der Waals surface area contributed by atoms with Crippen LogP contribution in [0.1, 0.15) is 25.5 Å². The van der Waals surface area contributed by atoms with E-state index in [1.54, 1.807) is 6.07 Å². The first-order chi connectivity index (χ1) is 9.71. The number of ether oxygens (including phenoxy) is 2. The zero-order chi connectivity index (χ0) is 14.0. The number of aromatic nitrogens is 1. The second-order valence-electron chi connectivity index (χ2n) is 5.64. The summed E-state index contributed by atoms with van der Waals surface area (Å²) in [6.45, 7) is 5.12. The Kier molecular flexibility index (Phi) is 3.60. The summed E-state index contributed by atoms with van der Waals surface area (Å²) in [5, 5.41) is 8.98. The van der Waals surface area contributed by atoms with E-state index < -0.39 is 0 Å². The minimum absolute atomic E-state index is 0.137. The minimum Gasteiger partial charge on any atom is -0.378 e. The molecule has 106 valence electrons. The number of hydrogen-bond donors (Lipinski definition) is 0. The Hall–Kier alpha value is -1.64. The molecule has 0 unspecified atom stereocenters. The van der Waals surface area contributed by atoms with Crippen molar-refractivity contribution in [1.29, 1.82) is 5.26 Å². The van der Waals surface area contributed by atoms with E-state index in [0.717, 1.165) is 38.4 Å². The Morgan fingerprint density at radius 1 is 1.50 bits per heavy atom. The number of morpholine rings is 1. The third kappa shape index (κ3) is 2.62. The Morgan fingerprint density at radius 3 is 3.15 bits per heavy atom. The first-order valence-corrected chi connectivity index (χ1v) is 7.08. The van der Waals surface area contributed by atoms with Gasteiger partial charge in [0, 0.05) is 13.2 Å². The fraction of sp³-hybridized carbons (Fsp3) is 0.600. The predicted molar refractivity (Wildman–Crippen MR) is 74.5 cm³/mol. The predicted octanol–water partition coefficient (Wildman–Crippen LogP) is 1.73. The van der Waals surface area contributed by atoms with Crippen LogP contribution in [-0.2, 0) is 9.47 Å². The molecule has 5 nitrogen and oxygen atoms in total. The number of nitrogens with zero attached hydrogens (tertiary/aromatic N) is 3. The van der Waals surface area contributed by atoms with Crippen molar-refractivity contribution < 1.29 is 9.47 Å². The summed E-state index contributed by atoms with van der Waals surface area (Å²) in [5.74, 6) is 0.851. The normalized spacial score (nSPS) is 30.2. The van der Waals surface area contributed by atoms with Crippen LogP contribution in [0.3, 0.4) is 0 Å². The number of hydrogen-bond acceptors (Lipinski definition) is 5. The molecule has 3 heterocycles. The zero-order valence-corrected chi connectivity index (χ0v) is 11.7. The molecule has 1 aromatic rings. The highest BCUT2D eigenvalue weighted by Crippen LogP contribution is 2.31. The van der Waals surface area contributed by atoms with Crippen LogP contribution in [0, 0.1) is 11.3 Å². The fourth-order valence-corrected chi connectivity index (χ4v) is 3.10. The molecule has 0 N–H and O–H groups in total. The number of rotatable bonds is 1. The highest BCUT2D eigenvalue weighted by molar-refractivity contribution is 5.43. The minimum atomic E-state index is -0.222. The van der Waals surface area contributed by atoms with Gasteiger partial charge in [0.25, 0.3) is 0 Å². The fourth-order valence-electron chi connectivity index (χ4n) is 3.10. The zero-order valence-electron chi connectivity index (χ0n) is 11.7. The SMILES string of the molecule is C[C@H]1CN(c2cccc(C#N)n2)C[C@@]2(CCCOC2)O1. The van der Waals surface area contributed by atoms with Crippen LogP contribution in [0.4, 0.5) is 5.82 Å². The number of pyridine rings is 1. The molecule has 2 atom stereocenters. The maximum absolute atomic E-state index is 8.98. The molecule has 0 aromatic carbocycles. The highest BCUT2D eigenvalue weighted by Gasteiger charge is 2.41. The second kappa shape index (κ2) is 5.39. The molecule has 1 aromatic heterocycles. The van der Waals surface area contributed by atoms with Crippen LogP contribution in [0.2, 0.25) is 0 Å². The third-order valence-electron chi connectivity index (χ3n) is 3.87. The summed E-state index contributed by atoms with van der Waals surface area (Å²) in [7, 11) is 0. The van der Waals surface area contributed by atoms with E-state index in [1.807, 2.05) is 12.1 Å². The molecular formula is C15H19N3O2. The lowest BCUT2D eigenvalue weighted by atomic mass is 9.93. The van der Waals surface area contributed by atoms with Gasteiger partial charge in [-0.15, -0.1) is 0 Å². The van der Waals surface area contributed by atoms with Gasteiger partial charge in [0.1, 0.15) is 23.2 Å². The van der Waals surface area contributed by atoms with Crippen LogP contribution in [0.15, 0.2) is 18.2 Å². The van der Waals surface area contributed by atoms with E-state index in [4.69, 9.17) is 14.7 Å². The van der Waals surface area contributed by atoms with Crippen molar-refractivity contribution in [3.63, 3.8) is 0 Å². The molecule has 5 heteroatoms. The standard InChI is InChI=1S/C15H19N3O2/c1-12-9-18(14-5-2-4-13(8-16)17-14)10-15(20-12)6-3-7-19-11-15/h2,4-5,12H,3,6-7,9-11H2,1H3/t12-,15+/m0/s1. The lowest BCUT2D eigenvalue weighted by Crippen LogP contribution is -2.58. The monoisotopic (exact) mass is 273 g/mol. The van der Waals surface area contributed by atoms with Crippen molar-refractivity contribution in [1.82, 2.24) is 4.98 Å². The Balaban J connectivity index is 1.83. The molecule has 20 heavy (non-hydrogen) atoms. The van der Waals surface area contributed by atoms with Gasteiger partial charge < -0.3 is 14.4 Å². The molecule has 0 aliphatic carbocycles. The van der Waals surface area contributed by atoms with Crippen molar-refractivity contribution in [2.24, 2.45) is 0 Å². The van der Waals surface area contributed by atoms with Gasteiger partial charge in [0.05, 0.1) is 19.3 Å². The average Bonchev–Trinajstić information content (AvgIpc) is 2.47. The van der Waals surface area contributed by atoms with E-state index in [-0.39, 0.29) is 11.7 Å². The van der Waals surface area contributed by atoms with Crippen LogP contribution in [-0.4, -0.2) is 43.0 Å². The summed E-state index contributed by atoms with van der Waals surface area (Å²) in [4.78, 5) is 6.61. The van der Waals surface area contributed by atoms with Crippen molar-refractivity contribution in [3.05, 3.63) is 23.9 Å².